The minimum atomic E-state index is -0.737. The number of nitrogens with zero attached hydrogens (tertiary/aromatic N) is 2. The maximum atomic E-state index is 12.8. The number of fused-ring (bicyclic) bond motifs is 3. The number of carbonyl (C=O) groups is 2. The molecule has 0 radical (unpaired) electrons. The first-order chi connectivity index (χ1) is 20.0. The molecule has 5 rings (SSSR count). The van der Waals surface area contributed by atoms with Gasteiger partial charge in [0.1, 0.15) is 5.69 Å². The molecule has 0 spiro atoms. The number of ether oxygens (including phenoxy) is 1. The second-order valence-corrected chi connectivity index (χ2v) is 13.4. The molecule has 0 aromatic heterocycles. The van der Waals surface area contributed by atoms with Crippen LogP contribution < -0.4 is 10.2 Å². The van der Waals surface area contributed by atoms with E-state index >= 15 is 0 Å². The number of hydrogen-bond acceptors (Lipinski definition) is 6. The largest absolute Gasteiger partial charge is 0.452 e. The molecule has 1 amide bonds. The van der Waals surface area contributed by atoms with Crippen molar-refractivity contribution in [2.24, 2.45) is 11.3 Å². The van der Waals surface area contributed by atoms with Gasteiger partial charge in [-0.3, -0.25) is 14.9 Å². The fourth-order valence-electron chi connectivity index (χ4n) is 7.98. The van der Waals surface area contributed by atoms with Crippen LogP contribution in [0.25, 0.3) is 0 Å². The Bertz CT molecular complexity index is 1350. The molecule has 2 aliphatic carbocycles. The molecule has 1 saturated carbocycles. The van der Waals surface area contributed by atoms with E-state index in [2.05, 4.69) is 51.2 Å². The van der Waals surface area contributed by atoms with Gasteiger partial charge >= 0.3 is 5.97 Å². The third kappa shape index (κ3) is 5.90. The van der Waals surface area contributed by atoms with Gasteiger partial charge in [0.15, 0.2) is 6.61 Å². The molecule has 1 saturated heterocycles. The number of amides is 1. The predicted molar refractivity (Wildman–Crippen MR) is 164 cm³/mol. The average Bonchev–Trinajstić information content (AvgIpc) is 2.98. The van der Waals surface area contributed by atoms with Gasteiger partial charge in [-0.1, -0.05) is 52.3 Å². The van der Waals surface area contributed by atoms with Crippen LogP contribution in [0.5, 0.6) is 0 Å². The monoisotopic (exact) mass is 575 g/mol. The first kappa shape index (κ1) is 30.1. The Morgan fingerprint density at radius 1 is 1.07 bits per heavy atom. The highest BCUT2D eigenvalue weighted by molar-refractivity contribution is 5.93. The zero-order chi connectivity index (χ0) is 30.1. The fraction of sp³-hybridized carbons (Fsp3) is 0.588. The first-order valence-corrected chi connectivity index (χ1v) is 15.6. The van der Waals surface area contributed by atoms with Crippen LogP contribution in [0.1, 0.15) is 106 Å². The molecule has 42 heavy (non-hydrogen) atoms. The van der Waals surface area contributed by atoms with E-state index < -0.39 is 17.5 Å². The van der Waals surface area contributed by atoms with Gasteiger partial charge in [-0.2, -0.15) is 0 Å². The maximum Gasteiger partial charge on any atom is 0.338 e. The number of piperidine rings is 1. The molecule has 226 valence electrons. The summed E-state index contributed by atoms with van der Waals surface area (Å²) in [5.41, 5.74) is 4.83. The van der Waals surface area contributed by atoms with Crippen LogP contribution >= 0.6 is 0 Å². The Balaban J connectivity index is 1.20. The van der Waals surface area contributed by atoms with Crippen LogP contribution in [0.4, 0.5) is 11.4 Å². The highest BCUT2D eigenvalue weighted by Crippen LogP contribution is 2.57. The summed E-state index contributed by atoms with van der Waals surface area (Å²) >= 11 is 0. The van der Waals surface area contributed by atoms with E-state index in [-0.39, 0.29) is 28.0 Å². The average molecular weight is 576 g/mol. The Morgan fingerprint density at radius 2 is 1.83 bits per heavy atom. The summed E-state index contributed by atoms with van der Waals surface area (Å²) < 4.78 is 5.30. The van der Waals surface area contributed by atoms with E-state index in [1.165, 1.54) is 22.8 Å². The summed E-state index contributed by atoms with van der Waals surface area (Å²) in [6.45, 7) is 10.8. The van der Waals surface area contributed by atoms with Gasteiger partial charge in [0, 0.05) is 25.7 Å². The number of nitro groups is 1. The number of rotatable bonds is 8. The molecule has 3 atom stereocenters. The standard InChI is InChI=1S/C34H45N3O5/c1-23(2)24-9-12-27-25(19-24)11-14-30-33(3,15-8-16-34(27,30)4)22-35-31(38)21-42-32(39)26-10-13-28(29(20-26)37(40)41)36-17-6-5-7-18-36/h9-10,12-13,19-20,23,30H,5-8,11,14-18,21-22H2,1-4H3,(H,35,38). The summed E-state index contributed by atoms with van der Waals surface area (Å²) in [6, 6.07) is 11.5. The number of carbonyl (C=O) groups excluding carboxylic acids is 2. The smallest absolute Gasteiger partial charge is 0.338 e. The third-order valence-electron chi connectivity index (χ3n) is 10.3. The highest BCUT2D eigenvalue weighted by Gasteiger charge is 2.51. The zero-order valence-electron chi connectivity index (χ0n) is 25.5. The normalized spacial score (nSPS) is 25.4. The summed E-state index contributed by atoms with van der Waals surface area (Å²) in [4.78, 5) is 38.9. The Kier molecular flexibility index (Phi) is 8.63. The van der Waals surface area contributed by atoms with Crippen molar-refractivity contribution in [3.63, 3.8) is 0 Å². The number of aryl methyl sites for hydroxylation is 1. The van der Waals surface area contributed by atoms with Gasteiger partial charge in [0.25, 0.3) is 11.6 Å². The molecule has 1 N–H and O–H groups in total. The molecular formula is C34H45N3O5. The lowest BCUT2D eigenvalue weighted by molar-refractivity contribution is -0.384. The van der Waals surface area contributed by atoms with Crippen molar-refractivity contribution in [3.8, 4) is 0 Å². The van der Waals surface area contributed by atoms with Gasteiger partial charge in [-0.15, -0.1) is 0 Å². The Labute approximate surface area is 249 Å². The molecule has 3 unspecified atom stereocenters. The van der Waals surface area contributed by atoms with E-state index in [0.717, 1.165) is 64.5 Å². The van der Waals surface area contributed by atoms with Crippen molar-refractivity contribution in [2.45, 2.75) is 90.4 Å². The van der Waals surface area contributed by atoms with Crippen LogP contribution in [-0.2, 0) is 21.4 Å². The summed E-state index contributed by atoms with van der Waals surface area (Å²) in [7, 11) is 0. The molecule has 2 aromatic rings. The molecular weight excluding hydrogens is 530 g/mol. The molecule has 1 aliphatic heterocycles. The topological polar surface area (TPSA) is 102 Å². The highest BCUT2D eigenvalue weighted by atomic mass is 16.6. The van der Waals surface area contributed by atoms with Crippen molar-refractivity contribution >= 4 is 23.3 Å². The number of nitro benzene ring substituents is 1. The summed E-state index contributed by atoms with van der Waals surface area (Å²) in [6.07, 6.45) is 8.53. The molecule has 8 nitrogen and oxygen atoms in total. The number of esters is 1. The van der Waals surface area contributed by atoms with Gasteiger partial charge in [0.2, 0.25) is 0 Å². The SMILES string of the molecule is CC(C)c1ccc2c(c1)CCC1C(C)(CNC(=O)COC(=O)c3ccc(N4CCCCC4)c([N+](=O)[O-])c3)CCCC21C. The van der Waals surface area contributed by atoms with Crippen molar-refractivity contribution in [3.05, 3.63) is 68.8 Å². The number of hydrogen-bond donors (Lipinski definition) is 1. The van der Waals surface area contributed by atoms with Crippen molar-refractivity contribution in [1.82, 2.24) is 5.32 Å². The molecule has 3 aliphatic rings. The first-order valence-electron chi connectivity index (χ1n) is 15.6. The molecule has 0 bridgehead atoms. The van der Waals surface area contributed by atoms with Crippen LogP contribution in [0.2, 0.25) is 0 Å². The molecule has 2 fully saturated rings. The van der Waals surface area contributed by atoms with Crippen LogP contribution in [0.3, 0.4) is 0 Å². The Morgan fingerprint density at radius 3 is 2.55 bits per heavy atom. The predicted octanol–water partition coefficient (Wildman–Crippen LogP) is 6.69. The van der Waals surface area contributed by atoms with E-state index in [1.807, 2.05) is 4.90 Å². The van der Waals surface area contributed by atoms with E-state index in [1.54, 1.807) is 12.1 Å². The van der Waals surface area contributed by atoms with Gasteiger partial charge in [0.05, 0.1) is 10.5 Å². The number of anilines is 1. The maximum absolute atomic E-state index is 12.8. The second kappa shape index (κ2) is 12.1. The zero-order valence-corrected chi connectivity index (χ0v) is 25.5. The minimum Gasteiger partial charge on any atom is -0.452 e. The van der Waals surface area contributed by atoms with Crippen molar-refractivity contribution in [2.75, 3.05) is 31.1 Å². The lowest BCUT2D eigenvalue weighted by Crippen LogP contribution is -2.53. The summed E-state index contributed by atoms with van der Waals surface area (Å²) in [5, 5.41) is 14.8. The Hall–Kier alpha value is -3.42. The molecule has 8 heteroatoms. The van der Waals surface area contributed by atoms with Gasteiger partial charge < -0.3 is 15.0 Å². The third-order valence-corrected chi connectivity index (χ3v) is 10.3. The molecule has 1 heterocycles. The fourth-order valence-corrected chi connectivity index (χ4v) is 7.98. The summed E-state index contributed by atoms with van der Waals surface area (Å²) in [5.74, 6) is -0.137. The number of benzene rings is 2. The molecule has 2 aromatic carbocycles. The van der Waals surface area contributed by atoms with E-state index in [4.69, 9.17) is 4.74 Å². The van der Waals surface area contributed by atoms with E-state index in [0.29, 0.717) is 24.1 Å². The van der Waals surface area contributed by atoms with Crippen molar-refractivity contribution in [1.29, 1.82) is 0 Å². The lowest BCUT2D eigenvalue weighted by atomic mass is 9.49. The second-order valence-electron chi connectivity index (χ2n) is 13.4. The lowest BCUT2D eigenvalue weighted by Gasteiger charge is -2.55. The minimum absolute atomic E-state index is 0.0635. The number of nitrogens with one attached hydrogen (secondary N) is 1. The van der Waals surface area contributed by atoms with Crippen LogP contribution in [-0.4, -0.2) is 43.0 Å². The van der Waals surface area contributed by atoms with Crippen LogP contribution in [0.15, 0.2) is 36.4 Å². The van der Waals surface area contributed by atoms with E-state index in [9.17, 15) is 19.7 Å². The van der Waals surface area contributed by atoms with Crippen LogP contribution in [0, 0.1) is 21.4 Å². The van der Waals surface area contributed by atoms with Crippen molar-refractivity contribution < 1.29 is 19.2 Å². The van der Waals surface area contributed by atoms with Gasteiger partial charge in [-0.25, -0.2) is 4.79 Å². The van der Waals surface area contributed by atoms with Gasteiger partial charge in [-0.05, 0) is 96.4 Å². The quantitative estimate of drug-likeness (QED) is 0.214.